The minimum Gasteiger partial charge on any atom is -0.444 e. The quantitative estimate of drug-likeness (QED) is 0.464. The molecule has 0 aliphatic rings. The number of carbonyl (C=O) groups excluding carboxylic acids is 2. The van der Waals surface area contributed by atoms with E-state index in [9.17, 15) is 9.59 Å². The van der Waals surface area contributed by atoms with E-state index in [1.807, 2.05) is 6.07 Å². The summed E-state index contributed by atoms with van der Waals surface area (Å²) in [6.45, 7) is 1.78. The summed E-state index contributed by atoms with van der Waals surface area (Å²) in [6, 6.07) is 17.2. The molecular formula is C21H17BrN6O3. The number of amides is 2. The summed E-state index contributed by atoms with van der Waals surface area (Å²) in [5.74, 6) is 0.0520. The van der Waals surface area contributed by atoms with Gasteiger partial charge in [-0.15, -0.1) is 5.10 Å². The Hall–Kier alpha value is -3.79. The van der Waals surface area contributed by atoms with Crippen molar-refractivity contribution in [2.75, 3.05) is 17.3 Å². The lowest BCUT2D eigenvalue weighted by Crippen LogP contribution is -2.28. The maximum atomic E-state index is 13.0. The Morgan fingerprint density at radius 1 is 1.10 bits per heavy atom. The second-order valence-corrected chi connectivity index (χ2v) is 7.41. The fourth-order valence-electron chi connectivity index (χ4n) is 3.05. The maximum Gasteiger partial charge on any atom is 0.293 e. The van der Waals surface area contributed by atoms with E-state index < -0.39 is 0 Å². The van der Waals surface area contributed by atoms with Gasteiger partial charge in [0.25, 0.3) is 11.8 Å². The monoisotopic (exact) mass is 480 g/mol. The SMILES string of the molecule is Cc1nnnn1-c1cccc(NC(=O)c2ccccc2N(C)C(=O)c2ccc(Br)o2)c1. The third-order valence-corrected chi connectivity index (χ3v) is 5.00. The molecule has 0 bridgehead atoms. The van der Waals surface area contributed by atoms with E-state index >= 15 is 0 Å². The van der Waals surface area contributed by atoms with Gasteiger partial charge in [-0.25, -0.2) is 0 Å². The summed E-state index contributed by atoms with van der Waals surface area (Å²) < 4.78 is 7.37. The molecule has 2 amide bonds. The highest BCUT2D eigenvalue weighted by atomic mass is 79.9. The van der Waals surface area contributed by atoms with Crippen LogP contribution in [-0.2, 0) is 0 Å². The third-order valence-electron chi connectivity index (χ3n) is 4.57. The highest BCUT2D eigenvalue weighted by Gasteiger charge is 2.22. The Bertz CT molecular complexity index is 1270. The number of nitrogens with one attached hydrogen (secondary N) is 1. The molecule has 2 heterocycles. The van der Waals surface area contributed by atoms with E-state index in [4.69, 9.17) is 4.42 Å². The van der Waals surface area contributed by atoms with E-state index in [1.165, 1.54) is 4.90 Å². The van der Waals surface area contributed by atoms with Crippen LogP contribution in [0.3, 0.4) is 0 Å². The number of halogens is 1. The summed E-state index contributed by atoms with van der Waals surface area (Å²) >= 11 is 3.19. The number of rotatable bonds is 5. The van der Waals surface area contributed by atoms with Crippen molar-refractivity contribution in [1.82, 2.24) is 20.2 Å². The largest absolute Gasteiger partial charge is 0.444 e. The van der Waals surface area contributed by atoms with E-state index in [2.05, 4.69) is 36.8 Å². The van der Waals surface area contributed by atoms with Crippen LogP contribution in [0.2, 0.25) is 0 Å². The van der Waals surface area contributed by atoms with Crippen molar-refractivity contribution in [3.05, 3.63) is 82.5 Å². The first kappa shape index (κ1) is 20.5. The number of hydrogen-bond acceptors (Lipinski definition) is 6. The molecule has 4 aromatic rings. The van der Waals surface area contributed by atoms with Crippen LogP contribution < -0.4 is 10.2 Å². The van der Waals surface area contributed by atoms with Crippen molar-refractivity contribution < 1.29 is 14.0 Å². The van der Waals surface area contributed by atoms with Crippen LogP contribution in [0.4, 0.5) is 11.4 Å². The molecular weight excluding hydrogens is 464 g/mol. The normalized spacial score (nSPS) is 10.7. The summed E-state index contributed by atoms with van der Waals surface area (Å²) in [5.41, 5.74) is 2.07. The van der Waals surface area contributed by atoms with Gasteiger partial charge in [0, 0.05) is 12.7 Å². The molecule has 2 aromatic heterocycles. The molecule has 0 saturated carbocycles. The van der Waals surface area contributed by atoms with Crippen molar-refractivity contribution in [2.24, 2.45) is 0 Å². The molecule has 1 N–H and O–H groups in total. The van der Waals surface area contributed by atoms with Crippen LogP contribution in [0.5, 0.6) is 0 Å². The number of para-hydroxylation sites is 1. The first-order valence-corrected chi connectivity index (χ1v) is 10.0. The third kappa shape index (κ3) is 4.24. The van der Waals surface area contributed by atoms with E-state index in [0.717, 1.165) is 0 Å². The minimum absolute atomic E-state index is 0.161. The maximum absolute atomic E-state index is 13.0. The van der Waals surface area contributed by atoms with Crippen LogP contribution in [0.15, 0.2) is 69.8 Å². The fraction of sp³-hybridized carbons (Fsp3) is 0.0952. The Balaban J connectivity index is 1.59. The smallest absolute Gasteiger partial charge is 0.293 e. The van der Waals surface area contributed by atoms with Gasteiger partial charge in [0.1, 0.15) is 0 Å². The number of aromatic nitrogens is 4. The van der Waals surface area contributed by atoms with Crippen LogP contribution >= 0.6 is 15.9 Å². The predicted molar refractivity (Wildman–Crippen MR) is 117 cm³/mol. The van der Waals surface area contributed by atoms with Crippen molar-refractivity contribution >= 4 is 39.1 Å². The molecule has 0 atom stereocenters. The van der Waals surface area contributed by atoms with E-state index in [1.54, 1.807) is 73.3 Å². The van der Waals surface area contributed by atoms with Crippen molar-refractivity contribution in [3.8, 4) is 5.69 Å². The van der Waals surface area contributed by atoms with Crippen molar-refractivity contribution in [1.29, 1.82) is 0 Å². The lowest BCUT2D eigenvalue weighted by atomic mass is 10.1. The molecule has 9 nitrogen and oxygen atoms in total. The fourth-order valence-corrected chi connectivity index (χ4v) is 3.35. The molecule has 4 rings (SSSR count). The average Bonchev–Trinajstić information content (AvgIpc) is 3.41. The lowest BCUT2D eigenvalue weighted by molar-refractivity contribution is 0.0965. The molecule has 2 aromatic carbocycles. The molecule has 0 aliphatic carbocycles. The van der Waals surface area contributed by atoms with E-state index in [-0.39, 0.29) is 17.6 Å². The second-order valence-electron chi connectivity index (χ2n) is 6.63. The number of carbonyl (C=O) groups is 2. The average molecular weight is 481 g/mol. The number of tetrazole rings is 1. The zero-order valence-corrected chi connectivity index (χ0v) is 18.2. The van der Waals surface area contributed by atoms with Crippen LogP contribution in [0, 0.1) is 6.92 Å². The molecule has 0 unspecified atom stereocenters. The van der Waals surface area contributed by atoms with Crippen LogP contribution in [-0.4, -0.2) is 39.1 Å². The number of benzene rings is 2. The lowest BCUT2D eigenvalue weighted by Gasteiger charge is -2.19. The van der Waals surface area contributed by atoms with Gasteiger partial charge in [0.15, 0.2) is 16.3 Å². The summed E-state index contributed by atoms with van der Waals surface area (Å²) in [6.07, 6.45) is 0. The van der Waals surface area contributed by atoms with Crippen LogP contribution in [0.1, 0.15) is 26.7 Å². The molecule has 0 aliphatic heterocycles. The number of aryl methyl sites for hydroxylation is 1. The highest BCUT2D eigenvalue weighted by molar-refractivity contribution is 9.10. The van der Waals surface area contributed by atoms with Crippen molar-refractivity contribution in [3.63, 3.8) is 0 Å². The molecule has 0 fully saturated rings. The highest BCUT2D eigenvalue weighted by Crippen LogP contribution is 2.24. The van der Waals surface area contributed by atoms with Gasteiger partial charge in [0.05, 0.1) is 16.9 Å². The van der Waals surface area contributed by atoms with Gasteiger partial charge in [-0.1, -0.05) is 18.2 Å². The molecule has 0 radical (unpaired) electrons. The first-order valence-electron chi connectivity index (χ1n) is 9.23. The van der Waals surface area contributed by atoms with Gasteiger partial charge < -0.3 is 14.6 Å². The molecule has 0 spiro atoms. The van der Waals surface area contributed by atoms with Gasteiger partial charge in [-0.05, 0) is 75.7 Å². The van der Waals surface area contributed by atoms with Crippen LogP contribution in [0.25, 0.3) is 5.69 Å². The van der Waals surface area contributed by atoms with Gasteiger partial charge in [0.2, 0.25) is 0 Å². The van der Waals surface area contributed by atoms with Gasteiger partial charge >= 0.3 is 0 Å². The summed E-state index contributed by atoms with van der Waals surface area (Å²) in [7, 11) is 1.59. The van der Waals surface area contributed by atoms with Gasteiger partial charge in [-0.2, -0.15) is 4.68 Å². The predicted octanol–water partition coefficient (Wildman–Crippen LogP) is 3.86. The standard InChI is InChI=1S/C21H17BrN6O3/c1-13-24-25-26-28(13)15-7-5-6-14(12-15)23-20(29)16-8-3-4-9-17(16)27(2)21(30)18-10-11-19(22)31-18/h3-12H,1-2H3,(H,23,29). The Morgan fingerprint density at radius 2 is 1.90 bits per heavy atom. The minimum atomic E-state index is -0.373. The van der Waals surface area contributed by atoms with E-state index in [0.29, 0.717) is 33.1 Å². The first-order chi connectivity index (χ1) is 14.9. The second kappa shape index (κ2) is 8.52. The van der Waals surface area contributed by atoms with Gasteiger partial charge in [-0.3, -0.25) is 9.59 Å². The number of hydrogen-bond donors (Lipinski definition) is 1. The summed E-state index contributed by atoms with van der Waals surface area (Å²) in [5, 5.41) is 14.3. The molecule has 0 saturated heterocycles. The Labute approximate surface area is 185 Å². The Kier molecular flexibility index (Phi) is 5.63. The topological polar surface area (TPSA) is 106 Å². The molecule has 31 heavy (non-hydrogen) atoms. The number of furan rings is 1. The number of nitrogens with zero attached hydrogens (tertiary/aromatic N) is 5. The summed E-state index contributed by atoms with van der Waals surface area (Å²) in [4.78, 5) is 27.2. The molecule has 156 valence electrons. The Morgan fingerprint density at radius 3 is 2.61 bits per heavy atom. The molecule has 10 heteroatoms. The number of anilines is 2. The zero-order chi connectivity index (χ0) is 22.0. The zero-order valence-electron chi connectivity index (χ0n) is 16.6. The van der Waals surface area contributed by atoms with Crippen molar-refractivity contribution in [2.45, 2.75) is 6.92 Å².